The van der Waals surface area contributed by atoms with E-state index in [9.17, 15) is 9.50 Å². The second-order valence-corrected chi connectivity index (χ2v) is 5.31. The zero-order valence-electron chi connectivity index (χ0n) is 10.3. The molecule has 2 atom stereocenters. The first kappa shape index (κ1) is 14.2. The fraction of sp³-hybridized carbons (Fsp3) is 0.200. The van der Waals surface area contributed by atoms with Crippen LogP contribution < -0.4 is 5.73 Å². The monoisotopic (exact) mass is 323 g/mol. The Kier molecular flexibility index (Phi) is 4.69. The lowest BCUT2D eigenvalue weighted by Gasteiger charge is -2.22. The maximum atomic E-state index is 13.3. The van der Waals surface area contributed by atoms with E-state index in [-0.39, 0.29) is 18.3 Å². The highest BCUT2D eigenvalue weighted by Gasteiger charge is 2.21. The Balaban J connectivity index is 2.31. The Hall–Kier alpha value is -1.23. The zero-order chi connectivity index (χ0) is 13.8. The second kappa shape index (κ2) is 6.28. The highest BCUT2D eigenvalue weighted by Crippen LogP contribution is 2.31. The molecule has 0 aliphatic rings. The molecule has 19 heavy (non-hydrogen) atoms. The summed E-state index contributed by atoms with van der Waals surface area (Å²) in [5.74, 6) is -0.651. The van der Waals surface area contributed by atoms with Gasteiger partial charge >= 0.3 is 0 Å². The minimum Gasteiger partial charge on any atom is -0.388 e. The van der Waals surface area contributed by atoms with Crippen molar-refractivity contribution in [3.05, 3.63) is 69.9 Å². The molecule has 2 rings (SSSR count). The van der Waals surface area contributed by atoms with Gasteiger partial charge in [-0.2, -0.15) is 0 Å². The number of hydrogen-bond acceptors (Lipinski definition) is 2. The van der Waals surface area contributed by atoms with Gasteiger partial charge in [-0.15, -0.1) is 0 Å². The van der Waals surface area contributed by atoms with Gasteiger partial charge in [0.05, 0.1) is 6.10 Å². The van der Waals surface area contributed by atoms with Crippen molar-refractivity contribution in [3.8, 4) is 0 Å². The molecule has 0 saturated heterocycles. The highest BCUT2D eigenvalue weighted by molar-refractivity contribution is 9.10. The van der Waals surface area contributed by atoms with Crippen LogP contribution in [0.4, 0.5) is 4.39 Å². The van der Waals surface area contributed by atoms with Gasteiger partial charge in [0.15, 0.2) is 0 Å². The van der Waals surface area contributed by atoms with Crippen LogP contribution in [0.5, 0.6) is 0 Å². The second-order valence-electron chi connectivity index (χ2n) is 4.40. The van der Waals surface area contributed by atoms with Gasteiger partial charge in [0, 0.05) is 16.9 Å². The van der Waals surface area contributed by atoms with Crippen LogP contribution in [0, 0.1) is 5.82 Å². The van der Waals surface area contributed by atoms with Gasteiger partial charge in [0.2, 0.25) is 0 Å². The molecule has 0 radical (unpaired) electrons. The van der Waals surface area contributed by atoms with Crippen molar-refractivity contribution in [2.75, 3.05) is 6.54 Å². The van der Waals surface area contributed by atoms with E-state index in [2.05, 4.69) is 15.9 Å². The Bertz CT molecular complexity index is 561. The topological polar surface area (TPSA) is 46.2 Å². The molecule has 0 fully saturated rings. The minimum absolute atomic E-state index is 0.247. The van der Waals surface area contributed by atoms with Crippen molar-refractivity contribution < 1.29 is 9.50 Å². The number of aliphatic hydroxyl groups excluding tert-OH is 1. The lowest BCUT2D eigenvalue weighted by atomic mass is 9.89. The fourth-order valence-electron chi connectivity index (χ4n) is 2.11. The van der Waals surface area contributed by atoms with Gasteiger partial charge in [-0.1, -0.05) is 40.2 Å². The van der Waals surface area contributed by atoms with E-state index in [0.29, 0.717) is 5.56 Å². The van der Waals surface area contributed by atoms with Gasteiger partial charge in [-0.25, -0.2) is 4.39 Å². The zero-order valence-corrected chi connectivity index (χ0v) is 11.8. The number of benzene rings is 2. The molecule has 2 unspecified atom stereocenters. The van der Waals surface area contributed by atoms with Gasteiger partial charge in [-0.3, -0.25) is 0 Å². The molecule has 0 aliphatic heterocycles. The van der Waals surface area contributed by atoms with Gasteiger partial charge < -0.3 is 10.8 Å². The molecule has 2 nitrogen and oxygen atoms in total. The third kappa shape index (κ3) is 3.41. The summed E-state index contributed by atoms with van der Waals surface area (Å²) >= 11 is 3.37. The quantitative estimate of drug-likeness (QED) is 0.906. The summed E-state index contributed by atoms with van der Waals surface area (Å²) in [5.41, 5.74) is 7.20. The summed E-state index contributed by atoms with van der Waals surface area (Å²) in [5, 5.41) is 10.4. The summed E-state index contributed by atoms with van der Waals surface area (Å²) in [6.45, 7) is 0.247. The molecule has 4 heteroatoms. The van der Waals surface area contributed by atoms with Crippen LogP contribution in [-0.2, 0) is 0 Å². The minimum atomic E-state index is -0.760. The molecule has 100 valence electrons. The van der Waals surface area contributed by atoms with E-state index < -0.39 is 6.10 Å². The molecule has 3 N–H and O–H groups in total. The van der Waals surface area contributed by atoms with Gasteiger partial charge in [-0.05, 0) is 35.4 Å². The molecule has 0 aliphatic carbocycles. The number of rotatable bonds is 4. The van der Waals surface area contributed by atoms with E-state index >= 15 is 0 Å². The molecule has 0 saturated carbocycles. The van der Waals surface area contributed by atoms with E-state index in [1.807, 2.05) is 24.3 Å². The summed E-state index contributed by atoms with van der Waals surface area (Å²) in [6, 6.07) is 13.6. The van der Waals surface area contributed by atoms with Crippen LogP contribution in [0.25, 0.3) is 0 Å². The summed E-state index contributed by atoms with van der Waals surface area (Å²) in [6.07, 6.45) is -0.760. The molecule has 0 heterocycles. The predicted octanol–water partition coefficient (Wildman–Crippen LogP) is 3.36. The van der Waals surface area contributed by atoms with Crippen molar-refractivity contribution in [1.29, 1.82) is 0 Å². The first-order chi connectivity index (χ1) is 9.11. The fourth-order valence-corrected chi connectivity index (χ4v) is 2.52. The van der Waals surface area contributed by atoms with E-state index in [4.69, 9.17) is 5.73 Å². The van der Waals surface area contributed by atoms with E-state index in [0.717, 1.165) is 10.0 Å². The Labute approximate surface area is 120 Å². The van der Waals surface area contributed by atoms with Crippen LogP contribution in [0.1, 0.15) is 23.1 Å². The number of hydrogen-bond donors (Lipinski definition) is 2. The van der Waals surface area contributed by atoms with Crippen LogP contribution in [0.15, 0.2) is 53.0 Å². The van der Waals surface area contributed by atoms with Crippen LogP contribution in [0.3, 0.4) is 0 Å². The van der Waals surface area contributed by atoms with Crippen molar-refractivity contribution in [2.45, 2.75) is 12.0 Å². The predicted molar refractivity (Wildman–Crippen MR) is 77.3 cm³/mol. The van der Waals surface area contributed by atoms with E-state index in [1.54, 1.807) is 12.1 Å². The third-order valence-corrected chi connectivity index (χ3v) is 3.60. The first-order valence-electron chi connectivity index (χ1n) is 6.01. The standard InChI is InChI=1S/C15H15BrFNO/c16-12-5-1-4-11(7-12)15(19)14(9-18)10-3-2-6-13(17)8-10/h1-8,14-15,19H,9,18H2. The molecule has 0 bridgehead atoms. The first-order valence-corrected chi connectivity index (χ1v) is 6.80. The Morgan fingerprint density at radius 3 is 2.42 bits per heavy atom. The van der Waals surface area contributed by atoms with Gasteiger partial charge in [0.1, 0.15) is 5.82 Å². The SMILES string of the molecule is NCC(c1cccc(F)c1)C(O)c1cccc(Br)c1. The number of nitrogens with two attached hydrogens (primary N) is 1. The average molecular weight is 324 g/mol. The number of halogens is 2. The summed E-state index contributed by atoms with van der Waals surface area (Å²) in [4.78, 5) is 0. The van der Waals surface area contributed by atoms with Crippen molar-refractivity contribution in [1.82, 2.24) is 0 Å². The van der Waals surface area contributed by atoms with Crippen molar-refractivity contribution in [3.63, 3.8) is 0 Å². The van der Waals surface area contributed by atoms with Crippen LogP contribution >= 0.6 is 15.9 Å². The number of aliphatic hydroxyl groups is 1. The average Bonchev–Trinajstić information content (AvgIpc) is 2.39. The van der Waals surface area contributed by atoms with E-state index in [1.165, 1.54) is 12.1 Å². The maximum absolute atomic E-state index is 13.3. The summed E-state index contributed by atoms with van der Waals surface area (Å²) < 4.78 is 14.2. The molecule has 0 amide bonds. The molecule has 2 aromatic carbocycles. The normalized spacial score (nSPS) is 14.1. The third-order valence-electron chi connectivity index (χ3n) is 3.10. The summed E-state index contributed by atoms with van der Waals surface area (Å²) in [7, 11) is 0. The lowest BCUT2D eigenvalue weighted by Crippen LogP contribution is -2.20. The van der Waals surface area contributed by atoms with Crippen molar-refractivity contribution in [2.24, 2.45) is 5.73 Å². The smallest absolute Gasteiger partial charge is 0.123 e. The molecule has 0 aromatic heterocycles. The molecular weight excluding hydrogens is 309 g/mol. The Morgan fingerprint density at radius 1 is 1.11 bits per heavy atom. The maximum Gasteiger partial charge on any atom is 0.123 e. The molecular formula is C15H15BrFNO. The Morgan fingerprint density at radius 2 is 1.79 bits per heavy atom. The largest absolute Gasteiger partial charge is 0.388 e. The molecule has 2 aromatic rings. The van der Waals surface area contributed by atoms with Crippen molar-refractivity contribution >= 4 is 15.9 Å². The van der Waals surface area contributed by atoms with Gasteiger partial charge in [0.25, 0.3) is 0 Å². The lowest BCUT2D eigenvalue weighted by molar-refractivity contribution is 0.147. The van der Waals surface area contributed by atoms with Crippen LogP contribution in [-0.4, -0.2) is 11.7 Å². The highest BCUT2D eigenvalue weighted by atomic mass is 79.9. The van der Waals surface area contributed by atoms with Crippen LogP contribution in [0.2, 0.25) is 0 Å². The molecule has 0 spiro atoms.